The van der Waals surface area contributed by atoms with Gasteiger partial charge >= 0.3 is 5.97 Å². The van der Waals surface area contributed by atoms with Crippen molar-refractivity contribution in [3.63, 3.8) is 0 Å². The van der Waals surface area contributed by atoms with Crippen LogP contribution in [0.1, 0.15) is 11.1 Å². The van der Waals surface area contributed by atoms with Gasteiger partial charge in [-0.3, -0.25) is 4.79 Å². The molecular weight excluding hydrogens is 487 g/mol. The average molecular weight is 504 g/mol. The summed E-state index contributed by atoms with van der Waals surface area (Å²) in [5.41, 5.74) is 2.17. The fourth-order valence-corrected chi connectivity index (χ4v) is 3.79. The summed E-state index contributed by atoms with van der Waals surface area (Å²) in [6, 6.07) is 15.1. The molecule has 4 aromatic rings. The standard InChI is InChI=1S/C25H17Cl3O5/c1-13-3-5-15(6-4-13)24-25(23(30)17-11-18(27)14(2)9-21(17)32-24)33-22(29)12-31-20-8-7-16(26)10-19(20)28/h3-11H,12H2,1-2H3. The summed E-state index contributed by atoms with van der Waals surface area (Å²) in [6.07, 6.45) is 0. The quantitative estimate of drug-likeness (QED) is 0.274. The molecule has 0 N–H and O–H groups in total. The largest absolute Gasteiger partial charge is 0.480 e. The van der Waals surface area contributed by atoms with Crippen LogP contribution in [0.3, 0.4) is 0 Å². The van der Waals surface area contributed by atoms with Crippen LogP contribution in [0.4, 0.5) is 0 Å². The molecule has 1 aromatic heterocycles. The number of hydrogen-bond donors (Lipinski definition) is 0. The molecule has 0 atom stereocenters. The first kappa shape index (κ1) is 23.2. The molecule has 168 valence electrons. The summed E-state index contributed by atoms with van der Waals surface area (Å²) < 4.78 is 16.9. The summed E-state index contributed by atoms with van der Waals surface area (Å²) >= 11 is 18.1. The molecule has 0 unspecified atom stereocenters. The Morgan fingerprint density at radius 1 is 0.939 bits per heavy atom. The molecule has 8 heteroatoms. The topological polar surface area (TPSA) is 65.7 Å². The van der Waals surface area contributed by atoms with Gasteiger partial charge in [-0.2, -0.15) is 0 Å². The lowest BCUT2D eigenvalue weighted by molar-refractivity contribution is -0.136. The second kappa shape index (κ2) is 9.48. The summed E-state index contributed by atoms with van der Waals surface area (Å²) in [4.78, 5) is 25.9. The van der Waals surface area contributed by atoms with E-state index in [1.807, 2.05) is 19.1 Å². The van der Waals surface area contributed by atoms with Crippen LogP contribution in [0.5, 0.6) is 11.5 Å². The van der Waals surface area contributed by atoms with Crippen molar-refractivity contribution in [3.8, 4) is 22.8 Å². The van der Waals surface area contributed by atoms with Crippen LogP contribution in [-0.2, 0) is 4.79 Å². The number of aryl methyl sites for hydroxylation is 2. The van der Waals surface area contributed by atoms with Crippen molar-refractivity contribution in [2.75, 3.05) is 6.61 Å². The van der Waals surface area contributed by atoms with Crippen LogP contribution in [0, 0.1) is 13.8 Å². The van der Waals surface area contributed by atoms with E-state index in [-0.39, 0.29) is 27.7 Å². The van der Waals surface area contributed by atoms with E-state index in [0.717, 1.165) is 11.1 Å². The first-order chi connectivity index (χ1) is 15.7. The molecule has 0 fully saturated rings. The van der Waals surface area contributed by atoms with Gasteiger partial charge in [0, 0.05) is 15.6 Å². The predicted octanol–water partition coefficient (Wildman–Crippen LogP) is 7.02. The van der Waals surface area contributed by atoms with Crippen LogP contribution >= 0.6 is 34.8 Å². The van der Waals surface area contributed by atoms with Gasteiger partial charge in [0.2, 0.25) is 11.2 Å². The van der Waals surface area contributed by atoms with Crippen molar-refractivity contribution in [1.29, 1.82) is 0 Å². The number of carbonyl (C=O) groups is 1. The fourth-order valence-electron chi connectivity index (χ4n) is 3.16. The third kappa shape index (κ3) is 5.01. The highest BCUT2D eigenvalue weighted by Crippen LogP contribution is 2.33. The summed E-state index contributed by atoms with van der Waals surface area (Å²) in [6.45, 7) is 3.26. The van der Waals surface area contributed by atoms with E-state index in [4.69, 9.17) is 48.7 Å². The summed E-state index contributed by atoms with van der Waals surface area (Å²) in [7, 11) is 0. The molecule has 0 radical (unpaired) electrons. The number of rotatable bonds is 5. The molecule has 0 aliphatic rings. The Morgan fingerprint density at radius 2 is 1.67 bits per heavy atom. The van der Waals surface area contributed by atoms with Gasteiger partial charge in [0.15, 0.2) is 12.4 Å². The third-order valence-electron chi connectivity index (χ3n) is 4.90. The lowest BCUT2D eigenvalue weighted by Crippen LogP contribution is -2.22. The van der Waals surface area contributed by atoms with Crippen LogP contribution in [0.2, 0.25) is 15.1 Å². The molecule has 0 saturated carbocycles. The average Bonchev–Trinajstić information content (AvgIpc) is 2.77. The second-order valence-electron chi connectivity index (χ2n) is 7.39. The molecule has 4 rings (SSSR count). The Bertz CT molecular complexity index is 1430. The zero-order valence-corrected chi connectivity index (χ0v) is 19.8. The van der Waals surface area contributed by atoms with Crippen LogP contribution < -0.4 is 14.9 Å². The first-order valence-electron chi connectivity index (χ1n) is 9.85. The van der Waals surface area contributed by atoms with Crippen LogP contribution in [-0.4, -0.2) is 12.6 Å². The number of esters is 1. The van der Waals surface area contributed by atoms with Crippen molar-refractivity contribution in [2.24, 2.45) is 0 Å². The van der Waals surface area contributed by atoms with Crippen molar-refractivity contribution in [3.05, 3.63) is 91.0 Å². The number of benzene rings is 3. The van der Waals surface area contributed by atoms with E-state index >= 15 is 0 Å². The Balaban J connectivity index is 1.72. The second-order valence-corrected chi connectivity index (χ2v) is 8.64. The Hall–Kier alpha value is -2.99. The summed E-state index contributed by atoms with van der Waals surface area (Å²) in [5.74, 6) is -0.669. The van der Waals surface area contributed by atoms with Gasteiger partial charge < -0.3 is 13.9 Å². The molecule has 5 nitrogen and oxygen atoms in total. The lowest BCUT2D eigenvalue weighted by Gasteiger charge is -2.12. The minimum atomic E-state index is -0.806. The predicted molar refractivity (Wildman–Crippen MR) is 130 cm³/mol. The van der Waals surface area contributed by atoms with Crippen molar-refractivity contribution in [1.82, 2.24) is 0 Å². The van der Waals surface area contributed by atoms with Gasteiger partial charge in [0.1, 0.15) is 11.3 Å². The molecule has 0 bridgehead atoms. The fraction of sp³-hybridized carbons (Fsp3) is 0.120. The maximum Gasteiger partial charge on any atom is 0.349 e. The molecule has 0 aliphatic carbocycles. The Morgan fingerprint density at radius 3 is 2.36 bits per heavy atom. The maximum atomic E-state index is 13.3. The molecule has 3 aromatic carbocycles. The van der Waals surface area contributed by atoms with Gasteiger partial charge in [-0.05, 0) is 49.7 Å². The molecule has 0 amide bonds. The monoisotopic (exact) mass is 502 g/mol. The third-order valence-corrected chi connectivity index (χ3v) is 5.84. The van der Waals surface area contributed by atoms with Crippen LogP contribution in [0.15, 0.2) is 63.8 Å². The minimum absolute atomic E-state index is 0.132. The van der Waals surface area contributed by atoms with Gasteiger partial charge in [-0.15, -0.1) is 0 Å². The zero-order valence-electron chi connectivity index (χ0n) is 17.6. The smallest absolute Gasteiger partial charge is 0.349 e. The van der Waals surface area contributed by atoms with Gasteiger partial charge in [0.05, 0.1) is 10.4 Å². The van der Waals surface area contributed by atoms with E-state index in [0.29, 0.717) is 21.2 Å². The first-order valence-corrected chi connectivity index (χ1v) is 11.0. The minimum Gasteiger partial charge on any atom is -0.480 e. The van der Waals surface area contributed by atoms with Crippen molar-refractivity contribution in [2.45, 2.75) is 13.8 Å². The van der Waals surface area contributed by atoms with Gasteiger partial charge in [-0.1, -0.05) is 64.6 Å². The Labute approximate surface area is 204 Å². The van der Waals surface area contributed by atoms with Crippen LogP contribution in [0.25, 0.3) is 22.3 Å². The highest BCUT2D eigenvalue weighted by molar-refractivity contribution is 6.35. The number of halogens is 3. The van der Waals surface area contributed by atoms with E-state index in [1.54, 1.807) is 31.2 Å². The van der Waals surface area contributed by atoms with Gasteiger partial charge in [-0.25, -0.2) is 4.79 Å². The molecule has 0 saturated heterocycles. The van der Waals surface area contributed by atoms with Crippen molar-refractivity contribution >= 4 is 51.7 Å². The number of hydrogen-bond acceptors (Lipinski definition) is 5. The van der Waals surface area contributed by atoms with Gasteiger partial charge in [0.25, 0.3) is 0 Å². The summed E-state index contributed by atoms with van der Waals surface area (Å²) in [5, 5.41) is 1.27. The van der Waals surface area contributed by atoms with E-state index in [2.05, 4.69) is 0 Å². The van der Waals surface area contributed by atoms with E-state index < -0.39 is 18.0 Å². The molecule has 0 spiro atoms. The number of carbonyl (C=O) groups excluding carboxylic acids is 1. The Kier molecular flexibility index (Phi) is 6.66. The highest BCUT2D eigenvalue weighted by atomic mass is 35.5. The van der Waals surface area contributed by atoms with E-state index in [1.165, 1.54) is 18.2 Å². The normalized spacial score (nSPS) is 10.9. The molecule has 33 heavy (non-hydrogen) atoms. The number of ether oxygens (including phenoxy) is 2. The zero-order chi connectivity index (χ0) is 23.7. The number of fused-ring (bicyclic) bond motifs is 1. The van der Waals surface area contributed by atoms with E-state index in [9.17, 15) is 9.59 Å². The molecular formula is C25H17Cl3O5. The molecule has 1 heterocycles. The van der Waals surface area contributed by atoms with Crippen molar-refractivity contribution < 1.29 is 18.7 Å². The highest BCUT2D eigenvalue weighted by Gasteiger charge is 2.22. The lowest BCUT2D eigenvalue weighted by atomic mass is 10.1. The maximum absolute atomic E-state index is 13.3. The SMILES string of the molecule is Cc1ccc(-c2oc3cc(C)c(Cl)cc3c(=O)c2OC(=O)COc2ccc(Cl)cc2Cl)cc1. The molecule has 0 aliphatic heterocycles.